The van der Waals surface area contributed by atoms with Gasteiger partial charge < -0.3 is 19.1 Å². The van der Waals surface area contributed by atoms with E-state index >= 15 is 0 Å². The van der Waals surface area contributed by atoms with Crippen LogP contribution >= 0.6 is 22.6 Å². The molecular weight excluding hydrogens is 399 g/mol. The lowest BCUT2D eigenvalue weighted by atomic mass is 10.1. The number of halogens is 1. The molecule has 0 amide bonds. The standard InChI is InChI=1S/C15H15IN2O4/c1-9(12(20)8-19)22-10-2-3-11-13(6-10)21-5-4-18-7-14(16)17-15(11)18/h2-3,6-7,9,19H,4-5,8H2,1H3/t9-/m0/s1. The van der Waals surface area contributed by atoms with Crippen LogP contribution in [0.25, 0.3) is 11.4 Å². The first-order valence-electron chi connectivity index (χ1n) is 6.88. The molecule has 0 saturated carbocycles. The minimum atomic E-state index is -0.697. The summed E-state index contributed by atoms with van der Waals surface area (Å²) in [6, 6.07) is 5.41. The van der Waals surface area contributed by atoms with Crippen LogP contribution in [0.5, 0.6) is 11.5 Å². The SMILES string of the molecule is C[C@H](Oc1ccc2c(c1)OCCn1cc(I)nc1-2)C(=O)CO. The van der Waals surface area contributed by atoms with Gasteiger partial charge in [-0.25, -0.2) is 4.98 Å². The molecule has 0 unspecified atom stereocenters. The molecule has 1 aliphatic rings. The van der Waals surface area contributed by atoms with Crippen molar-refractivity contribution in [2.45, 2.75) is 19.6 Å². The molecule has 7 heteroatoms. The molecule has 1 atom stereocenters. The van der Waals surface area contributed by atoms with E-state index in [0.717, 1.165) is 21.6 Å². The first-order valence-corrected chi connectivity index (χ1v) is 7.96. The second-order valence-electron chi connectivity index (χ2n) is 4.97. The second-order valence-corrected chi connectivity index (χ2v) is 6.08. The van der Waals surface area contributed by atoms with E-state index in [0.29, 0.717) is 18.1 Å². The van der Waals surface area contributed by atoms with Crippen molar-refractivity contribution in [1.82, 2.24) is 9.55 Å². The molecule has 0 bridgehead atoms. The van der Waals surface area contributed by atoms with Crippen molar-refractivity contribution >= 4 is 28.4 Å². The molecule has 0 aliphatic carbocycles. The molecule has 1 aromatic carbocycles. The number of Topliss-reactive ketones (excluding diaryl/α,β-unsaturated/α-hetero) is 1. The molecular formula is C15H15IN2O4. The summed E-state index contributed by atoms with van der Waals surface area (Å²) in [5.74, 6) is 1.72. The van der Waals surface area contributed by atoms with Gasteiger partial charge in [0.15, 0.2) is 11.9 Å². The number of aliphatic hydroxyl groups excluding tert-OH is 1. The molecule has 0 spiro atoms. The average Bonchev–Trinajstić information content (AvgIpc) is 2.79. The van der Waals surface area contributed by atoms with E-state index in [9.17, 15) is 4.79 Å². The fourth-order valence-electron chi connectivity index (χ4n) is 2.30. The number of aliphatic hydroxyl groups is 1. The van der Waals surface area contributed by atoms with Crippen LogP contribution in [0.15, 0.2) is 24.4 Å². The van der Waals surface area contributed by atoms with Gasteiger partial charge in [-0.3, -0.25) is 4.79 Å². The van der Waals surface area contributed by atoms with Crippen LogP contribution < -0.4 is 9.47 Å². The summed E-state index contributed by atoms with van der Waals surface area (Å²) in [6.07, 6.45) is 1.29. The molecule has 0 fully saturated rings. The smallest absolute Gasteiger partial charge is 0.198 e. The molecule has 0 radical (unpaired) electrons. The number of nitrogens with zero attached hydrogens (tertiary/aromatic N) is 2. The largest absolute Gasteiger partial charge is 0.491 e. The lowest BCUT2D eigenvalue weighted by Crippen LogP contribution is -2.26. The molecule has 1 N–H and O–H groups in total. The van der Waals surface area contributed by atoms with Crippen molar-refractivity contribution in [1.29, 1.82) is 0 Å². The Morgan fingerprint density at radius 3 is 3.18 bits per heavy atom. The number of imidazole rings is 1. The molecule has 22 heavy (non-hydrogen) atoms. The highest BCUT2D eigenvalue weighted by Gasteiger charge is 2.20. The van der Waals surface area contributed by atoms with E-state index in [4.69, 9.17) is 14.6 Å². The van der Waals surface area contributed by atoms with Gasteiger partial charge in [0.25, 0.3) is 0 Å². The Kier molecular flexibility index (Phi) is 4.34. The van der Waals surface area contributed by atoms with Crippen LogP contribution in [0.2, 0.25) is 0 Å². The van der Waals surface area contributed by atoms with Crippen LogP contribution in [0.4, 0.5) is 0 Å². The first-order chi connectivity index (χ1) is 10.6. The van der Waals surface area contributed by atoms with E-state index in [2.05, 4.69) is 32.1 Å². The van der Waals surface area contributed by atoms with E-state index in [-0.39, 0.29) is 5.78 Å². The molecule has 3 rings (SSSR count). The van der Waals surface area contributed by atoms with Gasteiger partial charge >= 0.3 is 0 Å². The maximum absolute atomic E-state index is 11.4. The summed E-state index contributed by atoms with van der Waals surface area (Å²) in [7, 11) is 0. The molecule has 2 aromatic rings. The molecule has 116 valence electrons. The average molecular weight is 414 g/mol. The van der Waals surface area contributed by atoms with Crippen LogP contribution in [0, 0.1) is 3.70 Å². The molecule has 1 aromatic heterocycles. The number of ketones is 1. The third kappa shape index (κ3) is 2.95. The zero-order chi connectivity index (χ0) is 15.7. The minimum absolute atomic E-state index is 0.360. The Morgan fingerprint density at radius 1 is 1.59 bits per heavy atom. The number of carbonyl (C=O) groups excluding carboxylic acids is 1. The Labute approximate surface area is 141 Å². The topological polar surface area (TPSA) is 73.6 Å². The monoisotopic (exact) mass is 414 g/mol. The lowest BCUT2D eigenvalue weighted by molar-refractivity contribution is -0.127. The number of aromatic nitrogens is 2. The van der Waals surface area contributed by atoms with Crippen molar-refractivity contribution in [3.63, 3.8) is 0 Å². The van der Waals surface area contributed by atoms with Crippen LogP contribution in [-0.2, 0) is 11.3 Å². The fraction of sp³-hybridized carbons (Fsp3) is 0.333. The quantitative estimate of drug-likeness (QED) is 0.774. The maximum Gasteiger partial charge on any atom is 0.198 e. The Hall–Kier alpha value is -1.61. The number of benzene rings is 1. The van der Waals surface area contributed by atoms with Crippen molar-refractivity contribution in [2.75, 3.05) is 13.2 Å². The molecule has 1 aliphatic heterocycles. The zero-order valence-corrected chi connectivity index (χ0v) is 14.1. The normalized spacial score (nSPS) is 14.3. The van der Waals surface area contributed by atoms with Crippen molar-refractivity contribution in [2.24, 2.45) is 0 Å². The van der Waals surface area contributed by atoms with Gasteiger partial charge in [0.2, 0.25) is 0 Å². The zero-order valence-electron chi connectivity index (χ0n) is 12.0. The van der Waals surface area contributed by atoms with Gasteiger partial charge in [0, 0.05) is 12.3 Å². The van der Waals surface area contributed by atoms with Gasteiger partial charge in [-0.05, 0) is 41.6 Å². The summed E-state index contributed by atoms with van der Waals surface area (Å²) < 4.78 is 14.3. The Morgan fingerprint density at radius 2 is 2.41 bits per heavy atom. The highest BCUT2D eigenvalue weighted by molar-refractivity contribution is 14.1. The van der Waals surface area contributed by atoms with Crippen molar-refractivity contribution < 1.29 is 19.4 Å². The van der Waals surface area contributed by atoms with E-state index < -0.39 is 12.7 Å². The van der Waals surface area contributed by atoms with Crippen molar-refractivity contribution in [3.05, 3.63) is 28.1 Å². The number of rotatable bonds is 4. The van der Waals surface area contributed by atoms with E-state index in [1.807, 2.05) is 12.3 Å². The number of fused-ring (bicyclic) bond motifs is 3. The number of ether oxygens (including phenoxy) is 2. The highest BCUT2D eigenvalue weighted by Crippen LogP contribution is 2.35. The maximum atomic E-state index is 11.4. The highest BCUT2D eigenvalue weighted by atomic mass is 127. The summed E-state index contributed by atoms with van der Waals surface area (Å²) in [5.41, 5.74) is 0.897. The van der Waals surface area contributed by atoms with Gasteiger partial charge in [-0.1, -0.05) is 0 Å². The number of hydrogen-bond acceptors (Lipinski definition) is 5. The Balaban J connectivity index is 1.91. The predicted molar refractivity (Wildman–Crippen MR) is 88.1 cm³/mol. The number of carbonyl (C=O) groups is 1. The van der Waals surface area contributed by atoms with Crippen LogP contribution in [-0.4, -0.2) is 39.8 Å². The Bertz CT molecular complexity index is 714. The van der Waals surface area contributed by atoms with Gasteiger partial charge in [-0.2, -0.15) is 0 Å². The summed E-state index contributed by atoms with van der Waals surface area (Å²) in [6.45, 7) is 2.36. The summed E-state index contributed by atoms with van der Waals surface area (Å²) in [5, 5.41) is 8.86. The summed E-state index contributed by atoms with van der Waals surface area (Å²) >= 11 is 2.19. The van der Waals surface area contributed by atoms with Gasteiger partial charge in [0.05, 0.1) is 12.1 Å². The van der Waals surface area contributed by atoms with Crippen molar-refractivity contribution in [3.8, 4) is 22.9 Å². The first kappa shape index (κ1) is 15.3. The molecule has 6 nitrogen and oxygen atoms in total. The van der Waals surface area contributed by atoms with Gasteiger partial charge in [0.1, 0.15) is 34.2 Å². The van der Waals surface area contributed by atoms with E-state index in [1.54, 1.807) is 19.1 Å². The summed E-state index contributed by atoms with van der Waals surface area (Å²) in [4.78, 5) is 15.9. The molecule has 0 saturated heterocycles. The number of hydrogen-bond donors (Lipinski definition) is 1. The van der Waals surface area contributed by atoms with E-state index in [1.165, 1.54) is 0 Å². The fourth-order valence-corrected chi connectivity index (χ4v) is 2.87. The van der Waals surface area contributed by atoms with Crippen LogP contribution in [0.3, 0.4) is 0 Å². The third-order valence-electron chi connectivity index (χ3n) is 3.45. The second kappa shape index (κ2) is 6.25. The predicted octanol–water partition coefficient (Wildman–Crippen LogP) is 1.88. The lowest BCUT2D eigenvalue weighted by Gasteiger charge is -2.14. The molecule has 2 heterocycles. The minimum Gasteiger partial charge on any atom is -0.491 e. The van der Waals surface area contributed by atoms with Gasteiger partial charge in [-0.15, -0.1) is 0 Å². The van der Waals surface area contributed by atoms with Crippen LogP contribution in [0.1, 0.15) is 6.92 Å². The third-order valence-corrected chi connectivity index (χ3v) is 3.97.